The highest BCUT2D eigenvalue weighted by atomic mass is 32.1. The van der Waals surface area contributed by atoms with E-state index >= 15 is 0 Å². The van der Waals surface area contributed by atoms with Crippen molar-refractivity contribution in [3.63, 3.8) is 0 Å². The summed E-state index contributed by atoms with van der Waals surface area (Å²) >= 11 is 4.89. The maximum absolute atomic E-state index is 11.6. The number of nitrogens with zero attached hydrogens (tertiary/aromatic N) is 1. The first-order chi connectivity index (χ1) is 9.58. The Balaban J connectivity index is 1.89. The van der Waals surface area contributed by atoms with E-state index in [1.54, 1.807) is 24.3 Å². The molecule has 20 heavy (non-hydrogen) atoms. The average Bonchev–Trinajstić information content (AvgIpc) is 2.42. The molecule has 0 spiro atoms. The minimum Gasteiger partial charge on any atom is -0.492 e. The van der Waals surface area contributed by atoms with E-state index in [4.69, 9.17) is 22.7 Å². The Bertz CT molecular complexity index is 529. The number of carbonyl (C=O) groups excluding carboxylic acids is 2. The molecule has 2 N–H and O–H groups in total. The monoisotopic (exact) mass is 292 g/mol. The number of ether oxygens (including phenoxy) is 1. The number of thiocarbonyl (C=S) groups is 1. The molecule has 1 fully saturated rings. The number of hydrogen-bond acceptors (Lipinski definition) is 4. The summed E-state index contributed by atoms with van der Waals surface area (Å²) in [7, 11) is 0. The zero-order valence-electron chi connectivity index (χ0n) is 11.0. The van der Waals surface area contributed by atoms with Gasteiger partial charge in [0.2, 0.25) is 11.8 Å². The van der Waals surface area contributed by atoms with Gasteiger partial charge in [0, 0.05) is 18.4 Å². The Hall–Kier alpha value is -1.95. The molecule has 6 heteroatoms. The molecule has 0 aromatic heterocycles. The molecule has 106 valence electrons. The van der Waals surface area contributed by atoms with Gasteiger partial charge in [0.25, 0.3) is 0 Å². The molecular formula is C14H16N2O3S. The molecule has 2 amide bonds. The van der Waals surface area contributed by atoms with Crippen LogP contribution in [0, 0.1) is 0 Å². The first kappa shape index (κ1) is 14.5. The van der Waals surface area contributed by atoms with Crippen molar-refractivity contribution in [1.29, 1.82) is 0 Å². The van der Waals surface area contributed by atoms with Crippen LogP contribution >= 0.6 is 12.2 Å². The Labute approximate surface area is 122 Å². The second-order valence-corrected chi connectivity index (χ2v) is 4.97. The zero-order chi connectivity index (χ0) is 14.5. The number of hydrogen-bond donors (Lipinski definition) is 1. The molecular weight excluding hydrogens is 276 g/mol. The normalized spacial score (nSPS) is 15.3. The van der Waals surface area contributed by atoms with Crippen molar-refractivity contribution in [2.45, 2.75) is 19.3 Å². The molecule has 1 saturated heterocycles. The van der Waals surface area contributed by atoms with Crippen molar-refractivity contribution in [2.75, 3.05) is 13.2 Å². The summed E-state index contributed by atoms with van der Waals surface area (Å²) in [6.45, 7) is 0.535. The molecule has 5 nitrogen and oxygen atoms in total. The largest absolute Gasteiger partial charge is 0.492 e. The summed E-state index contributed by atoms with van der Waals surface area (Å²) in [4.78, 5) is 24.8. The second-order valence-electron chi connectivity index (χ2n) is 4.53. The third-order valence-corrected chi connectivity index (χ3v) is 3.32. The quantitative estimate of drug-likeness (QED) is 0.653. The number of nitrogens with two attached hydrogens (primary N) is 1. The lowest BCUT2D eigenvalue weighted by Crippen LogP contribution is -2.42. The van der Waals surface area contributed by atoms with Crippen LogP contribution in [0.3, 0.4) is 0 Å². The van der Waals surface area contributed by atoms with Gasteiger partial charge in [-0.3, -0.25) is 14.5 Å². The Morgan fingerprint density at radius 2 is 2.00 bits per heavy atom. The molecule has 1 heterocycles. The second kappa shape index (κ2) is 6.47. The van der Waals surface area contributed by atoms with Gasteiger partial charge in [-0.1, -0.05) is 24.4 Å². The minimum absolute atomic E-state index is 0.123. The van der Waals surface area contributed by atoms with Crippen molar-refractivity contribution >= 4 is 29.0 Å². The van der Waals surface area contributed by atoms with E-state index in [1.165, 1.54) is 4.90 Å². The van der Waals surface area contributed by atoms with Gasteiger partial charge in [-0.05, 0) is 18.6 Å². The lowest BCUT2D eigenvalue weighted by molar-refractivity contribution is -0.148. The third kappa shape index (κ3) is 3.54. The fourth-order valence-corrected chi connectivity index (χ4v) is 2.17. The number of imide groups is 1. The van der Waals surface area contributed by atoms with Crippen LogP contribution < -0.4 is 10.5 Å². The number of rotatable bonds is 5. The predicted molar refractivity (Wildman–Crippen MR) is 78.4 cm³/mol. The molecule has 1 aromatic carbocycles. The average molecular weight is 292 g/mol. The van der Waals surface area contributed by atoms with Crippen LogP contribution in [0.1, 0.15) is 24.8 Å². The predicted octanol–water partition coefficient (Wildman–Crippen LogP) is 1.24. The zero-order valence-corrected chi connectivity index (χ0v) is 11.8. The molecule has 0 unspecified atom stereocenters. The fraction of sp³-hybridized carbons (Fsp3) is 0.357. The summed E-state index contributed by atoms with van der Waals surface area (Å²) in [6, 6.07) is 7.11. The van der Waals surface area contributed by atoms with E-state index in [2.05, 4.69) is 0 Å². The van der Waals surface area contributed by atoms with Gasteiger partial charge < -0.3 is 10.5 Å². The Morgan fingerprint density at radius 1 is 1.30 bits per heavy atom. The highest BCUT2D eigenvalue weighted by molar-refractivity contribution is 7.80. The highest BCUT2D eigenvalue weighted by Gasteiger charge is 2.25. The molecule has 0 atom stereocenters. The van der Waals surface area contributed by atoms with Gasteiger partial charge in [-0.15, -0.1) is 0 Å². The highest BCUT2D eigenvalue weighted by Crippen LogP contribution is 2.15. The van der Waals surface area contributed by atoms with Crippen LogP contribution in [-0.4, -0.2) is 34.9 Å². The van der Waals surface area contributed by atoms with Crippen molar-refractivity contribution in [3.8, 4) is 5.75 Å². The van der Waals surface area contributed by atoms with Gasteiger partial charge in [0.15, 0.2) is 0 Å². The van der Waals surface area contributed by atoms with Crippen molar-refractivity contribution in [1.82, 2.24) is 4.90 Å². The molecule has 0 saturated carbocycles. The molecule has 1 aliphatic rings. The number of piperidine rings is 1. The fourth-order valence-electron chi connectivity index (χ4n) is 2.04. The number of amides is 2. The number of likely N-dealkylation sites (tertiary alicyclic amines) is 1. The van der Waals surface area contributed by atoms with E-state index in [9.17, 15) is 9.59 Å². The van der Waals surface area contributed by atoms with Crippen molar-refractivity contribution in [2.24, 2.45) is 5.73 Å². The lowest BCUT2D eigenvalue weighted by Gasteiger charge is -2.24. The first-order valence-electron chi connectivity index (χ1n) is 6.44. The smallest absolute Gasteiger partial charge is 0.229 e. The van der Waals surface area contributed by atoms with E-state index in [-0.39, 0.29) is 25.0 Å². The summed E-state index contributed by atoms with van der Waals surface area (Å²) < 4.78 is 5.53. The lowest BCUT2D eigenvalue weighted by atomic mass is 10.1. The molecule has 0 bridgehead atoms. The maximum Gasteiger partial charge on any atom is 0.229 e. The Kier molecular flexibility index (Phi) is 4.68. The SMILES string of the molecule is NC(=S)c1cccc(OCCN2C(=O)CCCC2=O)c1. The van der Waals surface area contributed by atoms with E-state index in [0.29, 0.717) is 30.0 Å². The van der Waals surface area contributed by atoms with E-state index in [0.717, 1.165) is 5.56 Å². The van der Waals surface area contributed by atoms with Crippen LogP contribution in [0.5, 0.6) is 5.75 Å². The van der Waals surface area contributed by atoms with E-state index in [1.807, 2.05) is 0 Å². The van der Waals surface area contributed by atoms with Crippen LogP contribution in [0.15, 0.2) is 24.3 Å². The van der Waals surface area contributed by atoms with Crippen molar-refractivity contribution < 1.29 is 14.3 Å². The molecule has 1 aromatic rings. The topological polar surface area (TPSA) is 72.6 Å². The summed E-state index contributed by atoms with van der Waals surface area (Å²) in [5.74, 6) is 0.371. The number of carbonyl (C=O) groups is 2. The van der Waals surface area contributed by atoms with Gasteiger partial charge in [-0.25, -0.2) is 0 Å². The van der Waals surface area contributed by atoms with Gasteiger partial charge in [0.1, 0.15) is 17.3 Å². The third-order valence-electron chi connectivity index (χ3n) is 3.09. The van der Waals surface area contributed by atoms with Gasteiger partial charge in [0.05, 0.1) is 6.54 Å². The molecule has 0 radical (unpaired) electrons. The minimum atomic E-state index is -0.123. The Morgan fingerprint density at radius 3 is 2.65 bits per heavy atom. The van der Waals surface area contributed by atoms with Gasteiger partial charge in [-0.2, -0.15) is 0 Å². The van der Waals surface area contributed by atoms with Crippen LogP contribution in [0.4, 0.5) is 0 Å². The van der Waals surface area contributed by atoms with Crippen molar-refractivity contribution in [3.05, 3.63) is 29.8 Å². The number of benzene rings is 1. The summed E-state index contributed by atoms with van der Waals surface area (Å²) in [6.07, 6.45) is 1.51. The van der Waals surface area contributed by atoms with Gasteiger partial charge >= 0.3 is 0 Å². The summed E-state index contributed by atoms with van der Waals surface area (Å²) in [5.41, 5.74) is 6.27. The molecule has 2 rings (SSSR count). The molecule has 0 aliphatic carbocycles. The van der Waals surface area contributed by atoms with Crippen LogP contribution in [0.2, 0.25) is 0 Å². The molecule has 1 aliphatic heterocycles. The van der Waals surface area contributed by atoms with Crippen LogP contribution in [-0.2, 0) is 9.59 Å². The van der Waals surface area contributed by atoms with Crippen LogP contribution in [0.25, 0.3) is 0 Å². The standard InChI is InChI=1S/C14H16N2O3S/c15-14(20)10-3-1-4-11(9-10)19-8-7-16-12(17)5-2-6-13(16)18/h1,3-4,9H,2,5-8H2,(H2,15,20). The maximum atomic E-state index is 11.6. The first-order valence-corrected chi connectivity index (χ1v) is 6.84. The van der Waals surface area contributed by atoms with E-state index < -0.39 is 0 Å². The summed E-state index contributed by atoms with van der Waals surface area (Å²) in [5, 5.41) is 0.